The lowest BCUT2D eigenvalue weighted by atomic mass is 9.58. The van der Waals surface area contributed by atoms with Crippen LogP contribution in [0.1, 0.15) is 47.0 Å². The number of fused-ring (bicyclic) bond motifs is 3. The Bertz CT molecular complexity index is 940. The van der Waals surface area contributed by atoms with E-state index in [9.17, 15) is 25.2 Å². The summed E-state index contributed by atoms with van der Waals surface area (Å²) >= 11 is 0. The van der Waals surface area contributed by atoms with Gasteiger partial charge in [-0.2, -0.15) is 0 Å². The van der Waals surface area contributed by atoms with E-state index in [1.165, 1.54) is 0 Å². The average Bonchev–Trinajstić information content (AvgIpc) is 3.32. The third-order valence-corrected chi connectivity index (χ3v) is 10.4. The second kappa shape index (κ2) is 8.28. The summed E-state index contributed by atoms with van der Waals surface area (Å²) in [5, 5.41) is 46.3. The van der Waals surface area contributed by atoms with Crippen molar-refractivity contribution in [2.75, 3.05) is 26.9 Å². The number of nitrogens with zero attached hydrogens (tertiary/aromatic N) is 1. The Morgan fingerprint density at radius 3 is 2.54 bits per heavy atom. The van der Waals surface area contributed by atoms with Crippen LogP contribution >= 0.6 is 0 Å². The monoisotopic (exact) mass is 491 g/mol. The van der Waals surface area contributed by atoms with Gasteiger partial charge in [-0.05, 0) is 60.5 Å². The van der Waals surface area contributed by atoms with Gasteiger partial charge in [-0.1, -0.05) is 32.9 Å². The summed E-state index contributed by atoms with van der Waals surface area (Å²) < 4.78 is 11.4. The van der Waals surface area contributed by atoms with E-state index in [4.69, 9.17) is 9.47 Å². The highest BCUT2D eigenvalue weighted by Gasteiger charge is 2.76. The molecule has 3 fully saturated rings. The highest BCUT2D eigenvalue weighted by atomic mass is 16.6. The number of ether oxygens (including phenoxy) is 2. The molecule has 5 rings (SSSR count). The number of aliphatic hydroxyl groups is 4. The minimum absolute atomic E-state index is 0.0291. The van der Waals surface area contributed by atoms with E-state index in [0.29, 0.717) is 37.5 Å². The third-order valence-electron chi connectivity index (χ3n) is 10.4. The Labute approximate surface area is 207 Å². The molecule has 5 aliphatic rings. The second-order valence-corrected chi connectivity index (χ2v) is 12.3. The molecule has 1 heterocycles. The molecule has 1 spiro atoms. The fourth-order valence-electron chi connectivity index (χ4n) is 8.31. The number of rotatable bonds is 3. The molecule has 0 aromatic carbocycles. The van der Waals surface area contributed by atoms with Gasteiger partial charge in [0.2, 0.25) is 0 Å². The van der Waals surface area contributed by atoms with Crippen molar-refractivity contribution < 1.29 is 34.7 Å². The summed E-state index contributed by atoms with van der Waals surface area (Å²) in [7, 11) is 1.68. The molecule has 8 nitrogen and oxygen atoms in total. The number of amides is 1. The Kier molecular flexibility index (Phi) is 5.96. The molecule has 4 N–H and O–H groups in total. The van der Waals surface area contributed by atoms with Crippen LogP contribution in [-0.2, 0) is 9.47 Å². The van der Waals surface area contributed by atoms with Gasteiger partial charge in [0, 0.05) is 32.2 Å². The summed E-state index contributed by atoms with van der Waals surface area (Å²) in [4.78, 5) is 14.8. The number of carbonyl (C=O) groups is 1. The summed E-state index contributed by atoms with van der Waals surface area (Å²) in [6, 6.07) is -0.0291. The van der Waals surface area contributed by atoms with Gasteiger partial charge in [0.05, 0.1) is 18.1 Å². The highest BCUT2D eigenvalue weighted by molar-refractivity contribution is 5.69. The second-order valence-electron chi connectivity index (χ2n) is 12.3. The van der Waals surface area contributed by atoms with Gasteiger partial charge in [0.1, 0.15) is 11.7 Å². The van der Waals surface area contributed by atoms with Crippen molar-refractivity contribution in [3.8, 4) is 0 Å². The summed E-state index contributed by atoms with van der Waals surface area (Å²) in [6.45, 7) is 8.90. The first-order valence-corrected chi connectivity index (χ1v) is 13.0. The largest absolute Gasteiger partial charge is 0.438 e. The molecule has 0 radical (unpaired) electrons. The Morgan fingerprint density at radius 2 is 1.91 bits per heavy atom. The molecule has 1 aliphatic heterocycles. The van der Waals surface area contributed by atoms with Gasteiger partial charge in [0.15, 0.2) is 6.10 Å². The van der Waals surface area contributed by atoms with Crippen molar-refractivity contribution in [1.29, 1.82) is 0 Å². The molecular weight excluding hydrogens is 450 g/mol. The van der Waals surface area contributed by atoms with Gasteiger partial charge >= 0.3 is 6.09 Å². The van der Waals surface area contributed by atoms with Crippen molar-refractivity contribution in [2.24, 2.45) is 34.5 Å². The number of hydrogen-bond acceptors (Lipinski definition) is 7. The number of hydrogen-bond donors (Lipinski definition) is 4. The Hall–Kier alpha value is -1.45. The summed E-state index contributed by atoms with van der Waals surface area (Å²) in [5.74, 6) is 0.0384. The molecule has 1 amide bonds. The Balaban J connectivity index is 1.55. The maximum Gasteiger partial charge on any atom is 0.410 e. The van der Waals surface area contributed by atoms with Gasteiger partial charge < -0.3 is 34.8 Å². The number of aliphatic hydroxyl groups excluding tert-OH is 3. The fourth-order valence-corrected chi connectivity index (χ4v) is 8.31. The lowest BCUT2D eigenvalue weighted by Gasteiger charge is -2.52. The van der Waals surface area contributed by atoms with Crippen molar-refractivity contribution in [2.45, 2.75) is 76.9 Å². The molecule has 8 heteroatoms. The molecule has 2 saturated carbocycles. The molecule has 4 aliphatic carbocycles. The molecule has 0 aromatic rings. The molecule has 2 bridgehead atoms. The minimum Gasteiger partial charge on any atom is -0.438 e. The van der Waals surface area contributed by atoms with E-state index in [-0.39, 0.29) is 34.8 Å². The molecule has 1 unspecified atom stereocenters. The van der Waals surface area contributed by atoms with Crippen molar-refractivity contribution in [3.05, 3.63) is 23.3 Å². The van der Waals surface area contributed by atoms with E-state index in [2.05, 4.69) is 13.8 Å². The highest BCUT2D eigenvalue weighted by Crippen LogP contribution is 2.72. The van der Waals surface area contributed by atoms with Crippen LogP contribution in [0.15, 0.2) is 23.3 Å². The van der Waals surface area contributed by atoms with E-state index in [1.54, 1.807) is 24.9 Å². The van der Waals surface area contributed by atoms with Crippen LogP contribution in [0.2, 0.25) is 0 Å². The lowest BCUT2D eigenvalue weighted by Crippen LogP contribution is -2.67. The van der Waals surface area contributed by atoms with Gasteiger partial charge in [-0.25, -0.2) is 4.79 Å². The van der Waals surface area contributed by atoms with E-state index >= 15 is 0 Å². The van der Waals surface area contributed by atoms with Crippen LogP contribution in [0.4, 0.5) is 4.79 Å². The van der Waals surface area contributed by atoms with Gasteiger partial charge in [0.25, 0.3) is 0 Å². The lowest BCUT2D eigenvalue weighted by molar-refractivity contribution is -0.216. The quantitative estimate of drug-likeness (QED) is 0.445. The SMILES string of the molecule is CC1=C[C@]23C(O)[C@@H](C=C(CO)[C@@H](O)[C@]2(O)[C@H]1OC(=O)N(C)C1CCOCC1)[C@H]1[C@@H](C[C@H]3C)C1(C)C. The van der Waals surface area contributed by atoms with Gasteiger partial charge in [-0.3, -0.25) is 0 Å². The zero-order chi connectivity index (χ0) is 25.5. The van der Waals surface area contributed by atoms with Crippen LogP contribution in [0.25, 0.3) is 0 Å². The first-order chi connectivity index (χ1) is 16.4. The fraction of sp³-hybridized carbons (Fsp3) is 0.815. The number of carbonyl (C=O) groups excluding carboxylic acids is 1. The zero-order valence-corrected chi connectivity index (χ0v) is 21.5. The van der Waals surface area contributed by atoms with E-state index in [1.807, 2.05) is 13.0 Å². The topological polar surface area (TPSA) is 120 Å². The Morgan fingerprint density at radius 1 is 1.26 bits per heavy atom. The first kappa shape index (κ1) is 25.2. The van der Waals surface area contributed by atoms with Crippen LogP contribution in [0.5, 0.6) is 0 Å². The van der Waals surface area contributed by atoms with Crippen LogP contribution in [0.3, 0.4) is 0 Å². The predicted molar refractivity (Wildman–Crippen MR) is 128 cm³/mol. The van der Waals surface area contributed by atoms with Crippen molar-refractivity contribution >= 4 is 6.09 Å². The third kappa shape index (κ3) is 3.26. The van der Waals surface area contributed by atoms with E-state index in [0.717, 1.165) is 6.42 Å². The molecule has 1 saturated heterocycles. The van der Waals surface area contributed by atoms with E-state index < -0.39 is 42.0 Å². The smallest absolute Gasteiger partial charge is 0.410 e. The molecule has 0 aromatic heterocycles. The van der Waals surface area contributed by atoms with Crippen molar-refractivity contribution in [1.82, 2.24) is 4.90 Å². The maximum atomic E-state index is 13.3. The summed E-state index contributed by atoms with van der Waals surface area (Å²) in [5.41, 5.74) is -2.32. The predicted octanol–water partition coefficient (Wildman–Crippen LogP) is 1.86. The standard InChI is InChI=1S/C27H41NO7/c1-14-12-26-15(2)10-19-20(25(19,3)4)18(22(26)31)11-16(13-29)21(30)27(26,33)23(14)35-24(32)28(5)17-6-8-34-9-7-17/h11-12,15,17-23,29-31,33H,6-10,13H2,1-5H3/t15-,18+,19-,20+,21-,22?,23+,26+,27+/m1/s1. The first-order valence-electron chi connectivity index (χ1n) is 13.0. The normalized spacial score (nSPS) is 46.4. The van der Waals surface area contributed by atoms with Crippen LogP contribution in [-0.4, -0.2) is 88.2 Å². The molecule has 35 heavy (non-hydrogen) atoms. The molecule has 196 valence electrons. The zero-order valence-electron chi connectivity index (χ0n) is 21.5. The summed E-state index contributed by atoms with van der Waals surface area (Å²) in [6.07, 6.45) is 1.62. The molecular formula is C27H41NO7. The van der Waals surface area contributed by atoms with Gasteiger partial charge in [-0.15, -0.1) is 0 Å². The molecule has 9 atom stereocenters. The minimum atomic E-state index is -2.01. The van der Waals surface area contributed by atoms with Crippen molar-refractivity contribution in [3.63, 3.8) is 0 Å². The average molecular weight is 492 g/mol. The van der Waals surface area contributed by atoms with Crippen LogP contribution in [0, 0.1) is 34.5 Å². The maximum absolute atomic E-state index is 13.3. The van der Waals surface area contributed by atoms with Crippen LogP contribution < -0.4 is 0 Å².